The van der Waals surface area contributed by atoms with Crippen LogP contribution in [0.15, 0.2) is 36.4 Å². The molecule has 2 heterocycles. The van der Waals surface area contributed by atoms with E-state index in [0.29, 0.717) is 18.5 Å². The summed E-state index contributed by atoms with van der Waals surface area (Å²) in [7, 11) is -1.32. The molecule has 1 fully saturated rings. The van der Waals surface area contributed by atoms with Crippen molar-refractivity contribution >= 4 is 21.5 Å². The maximum atomic E-state index is 12.8. The van der Waals surface area contributed by atoms with Crippen LogP contribution in [0.3, 0.4) is 0 Å². The quantitative estimate of drug-likeness (QED) is 0.641. The minimum atomic E-state index is -3.04. The van der Waals surface area contributed by atoms with Crippen LogP contribution in [0.4, 0.5) is 0 Å². The molecule has 1 aliphatic rings. The van der Waals surface area contributed by atoms with Crippen LogP contribution in [0.5, 0.6) is 0 Å². The average molecular weight is 432 g/mol. The third-order valence-corrected chi connectivity index (χ3v) is 7.25. The third-order valence-electron chi connectivity index (χ3n) is 5.48. The Labute approximate surface area is 178 Å². The Hall–Kier alpha value is -2.45. The third kappa shape index (κ3) is 5.58. The lowest BCUT2D eigenvalue weighted by Gasteiger charge is -2.17. The van der Waals surface area contributed by atoms with Gasteiger partial charge in [-0.05, 0) is 38.9 Å². The van der Waals surface area contributed by atoms with Crippen LogP contribution in [0.25, 0.3) is 0 Å². The number of hydrogen-bond acceptors (Lipinski definition) is 5. The van der Waals surface area contributed by atoms with Gasteiger partial charge in [0.1, 0.15) is 0 Å². The van der Waals surface area contributed by atoms with E-state index < -0.39 is 9.84 Å². The number of benzene rings is 1. The molecule has 3 rings (SSSR count). The molecule has 2 aromatic rings. The maximum Gasteiger partial charge on any atom is 0.234 e. The van der Waals surface area contributed by atoms with Gasteiger partial charge in [0.15, 0.2) is 15.6 Å². The molecule has 1 N–H and O–H groups in total. The van der Waals surface area contributed by atoms with Crippen LogP contribution in [-0.4, -0.2) is 67.3 Å². The zero-order valence-corrected chi connectivity index (χ0v) is 18.5. The van der Waals surface area contributed by atoms with Crippen LogP contribution in [0.2, 0.25) is 0 Å². The van der Waals surface area contributed by atoms with Crippen LogP contribution in [0, 0.1) is 13.8 Å². The number of nitrogens with zero attached hydrogens (tertiary/aromatic N) is 2. The largest absolute Gasteiger partial charge is 0.351 e. The molecule has 1 atom stereocenters. The van der Waals surface area contributed by atoms with Gasteiger partial charge in [-0.3, -0.25) is 14.5 Å². The smallest absolute Gasteiger partial charge is 0.234 e. The van der Waals surface area contributed by atoms with Crippen LogP contribution in [0.1, 0.15) is 33.7 Å². The fourth-order valence-corrected chi connectivity index (χ4v) is 5.58. The summed E-state index contributed by atoms with van der Waals surface area (Å²) in [6, 6.07) is 11.7. The monoisotopic (exact) mass is 431 g/mol. The number of likely N-dealkylation sites (N-methyl/N-ethyl adjacent to an activating group) is 1. The maximum absolute atomic E-state index is 12.8. The van der Waals surface area contributed by atoms with Crippen LogP contribution < -0.4 is 5.32 Å². The van der Waals surface area contributed by atoms with Crippen molar-refractivity contribution in [1.29, 1.82) is 0 Å². The lowest BCUT2D eigenvalue weighted by Crippen LogP contribution is -2.42. The molecule has 0 spiro atoms. The molecule has 0 saturated carbocycles. The highest BCUT2D eigenvalue weighted by Crippen LogP contribution is 2.18. The van der Waals surface area contributed by atoms with E-state index in [2.05, 4.69) is 22.0 Å². The van der Waals surface area contributed by atoms with Gasteiger partial charge in [0, 0.05) is 29.5 Å². The Morgan fingerprint density at radius 1 is 1.17 bits per heavy atom. The molecule has 8 heteroatoms. The molecule has 1 saturated heterocycles. The second-order valence-electron chi connectivity index (χ2n) is 8.12. The minimum Gasteiger partial charge on any atom is -0.351 e. The van der Waals surface area contributed by atoms with Gasteiger partial charge < -0.3 is 9.88 Å². The van der Waals surface area contributed by atoms with E-state index >= 15 is 0 Å². The number of amides is 1. The first-order valence-electron chi connectivity index (χ1n) is 10.1. The summed E-state index contributed by atoms with van der Waals surface area (Å²) in [6.45, 7) is 4.79. The topological polar surface area (TPSA) is 88.5 Å². The molecule has 7 nitrogen and oxygen atoms in total. The highest BCUT2D eigenvalue weighted by molar-refractivity contribution is 7.91. The summed E-state index contributed by atoms with van der Waals surface area (Å²) in [5, 5.41) is 2.76. The first kappa shape index (κ1) is 22.2. The Balaban J connectivity index is 1.57. The summed E-state index contributed by atoms with van der Waals surface area (Å²) in [6.07, 6.45) is 0.449. The van der Waals surface area contributed by atoms with Crippen LogP contribution >= 0.6 is 0 Å². The number of aromatic nitrogens is 1. The van der Waals surface area contributed by atoms with E-state index in [1.165, 1.54) is 5.56 Å². The Bertz CT molecular complexity index is 1030. The number of ketones is 1. The van der Waals surface area contributed by atoms with E-state index in [1.54, 1.807) is 11.9 Å². The lowest BCUT2D eigenvalue weighted by atomic mass is 10.1. The van der Waals surface area contributed by atoms with Gasteiger partial charge in [-0.15, -0.1) is 0 Å². The predicted molar refractivity (Wildman–Crippen MR) is 116 cm³/mol. The van der Waals surface area contributed by atoms with Crippen molar-refractivity contribution in [2.75, 3.05) is 31.6 Å². The highest BCUT2D eigenvalue weighted by Gasteiger charge is 2.29. The lowest BCUT2D eigenvalue weighted by molar-refractivity contribution is -0.122. The predicted octanol–water partition coefficient (Wildman–Crippen LogP) is 1.57. The van der Waals surface area contributed by atoms with Gasteiger partial charge in [0.25, 0.3) is 0 Å². The second kappa shape index (κ2) is 9.14. The zero-order valence-electron chi connectivity index (χ0n) is 17.7. The summed E-state index contributed by atoms with van der Waals surface area (Å²) in [5.41, 5.74) is 3.76. The van der Waals surface area contributed by atoms with Crippen molar-refractivity contribution < 1.29 is 18.0 Å². The standard InChI is InChI=1S/C22H29N3O4S/c1-16-11-20(17(2)25(16)12-18-7-5-4-6-8-18)21(26)13-24(3)14-22(27)23-19-9-10-30(28,29)15-19/h4-8,11,19H,9-10,12-15H2,1-3H3,(H,23,27). The first-order chi connectivity index (χ1) is 14.1. The number of nitrogens with one attached hydrogen (secondary N) is 1. The van der Waals surface area contributed by atoms with Crippen molar-refractivity contribution in [1.82, 2.24) is 14.8 Å². The fraction of sp³-hybridized carbons (Fsp3) is 0.455. The molecule has 162 valence electrons. The summed E-state index contributed by atoms with van der Waals surface area (Å²) >= 11 is 0. The summed E-state index contributed by atoms with van der Waals surface area (Å²) < 4.78 is 25.2. The van der Waals surface area contributed by atoms with E-state index in [1.807, 2.05) is 38.1 Å². The van der Waals surface area contributed by atoms with Gasteiger partial charge in [-0.2, -0.15) is 0 Å². The van der Waals surface area contributed by atoms with Crippen LogP contribution in [-0.2, 0) is 21.2 Å². The van der Waals surface area contributed by atoms with Crippen molar-refractivity contribution in [3.05, 3.63) is 58.9 Å². The molecule has 0 aliphatic carbocycles. The number of rotatable bonds is 8. The van der Waals surface area contributed by atoms with Gasteiger partial charge in [0.05, 0.1) is 24.6 Å². The van der Waals surface area contributed by atoms with Crippen molar-refractivity contribution in [3.63, 3.8) is 0 Å². The Morgan fingerprint density at radius 3 is 2.50 bits per heavy atom. The molecule has 1 aromatic heterocycles. The van der Waals surface area contributed by atoms with E-state index in [4.69, 9.17) is 0 Å². The van der Waals surface area contributed by atoms with Gasteiger partial charge >= 0.3 is 0 Å². The average Bonchev–Trinajstić information content (AvgIpc) is 3.15. The number of Topliss-reactive ketones (excluding diaryl/α,β-unsaturated/α-hetero) is 1. The van der Waals surface area contributed by atoms with Gasteiger partial charge in [-0.1, -0.05) is 30.3 Å². The number of carbonyl (C=O) groups is 2. The SMILES string of the molecule is Cc1cc(C(=O)CN(C)CC(=O)NC2CCS(=O)(=O)C2)c(C)n1Cc1ccccc1. The van der Waals surface area contributed by atoms with E-state index in [-0.39, 0.29) is 42.3 Å². The summed E-state index contributed by atoms with van der Waals surface area (Å²) in [5.74, 6) is -0.192. The van der Waals surface area contributed by atoms with E-state index in [9.17, 15) is 18.0 Å². The molecule has 1 amide bonds. The normalized spacial score (nSPS) is 17.9. The molecule has 1 unspecified atom stereocenters. The van der Waals surface area contributed by atoms with Crippen molar-refractivity contribution in [2.45, 2.75) is 32.9 Å². The molecule has 0 bridgehead atoms. The molecule has 1 aromatic carbocycles. The molecular weight excluding hydrogens is 402 g/mol. The number of sulfone groups is 1. The number of aryl methyl sites for hydroxylation is 1. The molecule has 0 radical (unpaired) electrons. The van der Waals surface area contributed by atoms with Gasteiger partial charge in [0.2, 0.25) is 5.91 Å². The van der Waals surface area contributed by atoms with Crippen molar-refractivity contribution in [2.24, 2.45) is 0 Å². The Morgan fingerprint density at radius 2 is 1.87 bits per heavy atom. The zero-order chi connectivity index (χ0) is 21.9. The van der Waals surface area contributed by atoms with E-state index in [0.717, 1.165) is 11.4 Å². The molecule has 1 aliphatic heterocycles. The highest BCUT2D eigenvalue weighted by atomic mass is 32.2. The van der Waals surface area contributed by atoms with Gasteiger partial charge in [-0.25, -0.2) is 8.42 Å². The molecule has 30 heavy (non-hydrogen) atoms. The fourth-order valence-electron chi connectivity index (χ4n) is 3.91. The van der Waals surface area contributed by atoms with Crippen molar-refractivity contribution in [3.8, 4) is 0 Å². The first-order valence-corrected chi connectivity index (χ1v) is 11.9. The molecular formula is C22H29N3O4S. The summed E-state index contributed by atoms with van der Waals surface area (Å²) in [4.78, 5) is 26.7. The minimum absolute atomic E-state index is 0.00517. The second-order valence-corrected chi connectivity index (χ2v) is 10.3. The Kier molecular flexibility index (Phi) is 6.77. The number of hydrogen-bond donors (Lipinski definition) is 1. The number of carbonyl (C=O) groups excluding carboxylic acids is 2.